The fourth-order valence-corrected chi connectivity index (χ4v) is 0.378. The Balaban J connectivity index is -0.000000196. The molecule has 0 spiro atoms. The minimum atomic E-state index is 0. The first-order chi connectivity index (χ1) is 4.68. The van der Waals surface area contributed by atoms with Crippen LogP contribution in [0.25, 0.3) is 0 Å². The van der Waals surface area contributed by atoms with Crippen LogP contribution >= 0.6 is 0 Å². The lowest BCUT2D eigenvalue weighted by atomic mass is 10.2. The number of rotatable bonds is 2. The second-order valence-electron chi connectivity index (χ2n) is 2.05. The molecule has 0 aromatic heterocycles. The maximum atomic E-state index is 10.6. The molecule has 0 aliphatic rings. The van der Waals surface area contributed by atoms with Gasteiger partial charge in [-0.15, -0.1) is 0 Å². The molecule has 0 aromatic carbocycles. The molecule has 0 aliphatic carbocycles. The molecule has 0 aromatic rings. The van der Waals surface area contributed by atoms with Gasteiger partial charge in [0.25, 0.3) is 0 Å². The molecule has 0 fully saturated rings. The van der Waals surface area contributed by atoms with Crippen LogP contribution in [0.5, 0.6) is 0 Å². The second kappa shape index (κ2) is 8.47. The summed E-state index contributed by atoms with van der Waals surface area (Å²) in [7, 11) is 0. The van der Waals surface area contributed by atoms with Crippen LogP contribution < -0.4 is 5.32 Å². The van der Waals surface area contributed by atoms with E-state index in [0.29, 0.717) is 0 Å². The summed E-state index contributed by atoms with van der Waals surface area (Å²) in [6, 6.07) is 0. The van der Waals surface area contributed by atoms with E-state index in [1.54, 1.807) is 0 Å². The van der Waals surface area contributed by atoms with Crippen LogP contribution in [0, 0.1) is 5.92 Å². The van der Waals surface area contributed by atoms with Crippen molar-refractivity contribution in [3.63, 3.8) is 0 Å². The van der Waals surface area contributed by atoms with Crippen molar-refractivity contribution in [3.05, 3.63) is 0 Å². The zero-order valence-corrected chi connectivity index (χ0v) is 7.69. The van der Waals surface area contributed by atoms with E-state index < -0.39 is 0 Å². The monoisotopic (exact) mass is 147 g/mol. The van der Waals surface area contributed by atoms with Crippen LogP contribution in [-0.2, 0) is 4.79 Å². The van der Waals surface area contributed by atoms with E-state index in [1.807, 2.05) is 34.6 Å². The number of amides is 1. The summed E-state index contributed by atoms with van der Waals surface area (Å²) >= 11 is 0. The third-order valence-electron chi connectivity index (χ3n) is 0.875. The Bertz CT molecular complexity index is 84.2. The van der Waals surface area contributed by atoms with Crippen LogP contribution in [-0.4, -0.2) is 12.5 Å². The Morgan fingerprint density at radius 3 is 2.00 bits per heavy atom. The number of hydrogen-bond acceptors (Lipinski definition) is 1. The van der Waals surface area contributed by atoms with Crippen LogP contribution in [0.3, 0.4) is 0 Å². The lowest BCUT2D eigenvalue weighted by Gasteiger charge is -2.02. The maximum absolute atomic E-state index is 10.6. The largest absolute Gasteiger partial charge is 0.356 e. The topological polar surface area (TPSA) is 29.1 Å². The lowest BCUT2D eigenvalue weighted by molar-refractivity contribution is -0.123. The fourth-order valence-electron chi connectivity index (χ4n) is 0.378. The highest BCUT2D eigenvalue weighted by molar-refractivity contribution is 5.77. The van der Waals surface area contributed by atoms with Gasteiger partial charge in [0.15, 0.2) is 0 Å². The molecule has 1 N–H and O–H groups in total. The van der Waals surface area contributed by atoms with Gasteiger partial charge < -0.3 is 5.32 Å². The molecule has 0 radical (unpaired) electrons. The smallest absolute Gasteiger partial charge is 0.222 e. The van der Waals surface area contributed by atoms with Gasteiger partial charge in [0.05, 0.1) is 0 Å². The van der Waals surface area contributed by atoms with Crippen molar-refractivity contribution in [2.75, 3.05) is 6.54 Å². The van der Waals surface area contributed by atoms with Gasteiger partial charge in [-0.1, -0.05) is 27.7 Å². The summed E-state index contributed by atoms with van der Waals surface area (Å²) in [6.07, 6.45) is 0. The molecule has 0 atom stereocenters. The van der Waals surface area contributed by atoms with Gasteiger partial charge in [-0.05, 0) is 6.92 Å². The van der Waals surface area contributed by atoms with Crippen molar-refractivity contribution in [1.29, 1.82) is 0 Å². The molecule has 64 valence electrons. The van der Waals surface area contributed by atoms with E-state index in [2.05, 4.69) is 5.32 Å². The summed E-state index contributed by atoms with van der Waals surface area (Å²) in [4.78, 5) is 10.6. The molecule has 0 unspecified atom stereocenters. The third kappa shape index (κ3) is 7.47. The van der Waals surface area contributed by atoms with Crippen LogP contribution in [0.2, 0.25) is 0 Å². The summed E-state index contributed by atoms with van der Waals surface area (Å²) in [5.74, 6) is 0.252. The van der Waals surface area contributed by atoms with Gasteiger partial charge in [-0.3, -0.25) is 4.79 Å². The lowest BCUT2D eigenvalue weighted by Crippen LogP contribution is -2.26. The minimum absolute atomic E-state index is 0. The molecule has 0 saturated carbocycles. The Labute approximate surface area is 65.5 Å². The zero-order valence-electron chi connectivity index (χ0n) is 7.69. The van der Waals surface area contributed by atoms with Crippen molar-refractivity contribution >= 4 is 5.91 Å². The second-order valence-corrected chi connectivity index (χ2v) is 2.05. The summed E-state index contributed by atoms with van der Waals surface area (Å²) in [6.45, 7) is 10.4. The molecule has 0 rings (SSSR count). The van der Waals surface area contributed by atoms with Crippen molar-refractivity contribution < 1.29 is 6.22 Å². The number of nitrogens with one attached hydrogen (secondary N) is 1. The summed E-state index contributed by atoms with van der Waals surface area (Å²) in [5.41, 5.74) is 0. The number of hydrogen-bond donors (Lipinski definition) is 1. The van der Waals surface area contributed by atoms with E-state index in [9.17, 15) is 4.79 Å². The SMILES string of the molecule is CC.CCNC(=O)C(C)C.[HH]. The minimum Gasteiger partial charge on any atom is -0.356 e. The first kappa shape index (κ1) is 12.2. The van der Waals surface area contributed by atoms with Gasteiger partial charge in [0, 0.05) is 13.9 Å². The molecule has 10 heavy (non-hydrogen) atoms. The van der Waals surface area contributed by atoms with Gasteiger partial charge in [0.1, 0.15) is 0 Å². The zero-order chi connectivity index (χ0) is 8.57. The van der Waals surface area contributed by atoms with Crippen molar-refractivity contribution in [2.45, 2.75) is 34.6 Å². The predicted octanol–water partition coefficient (Wildman–Crippen LogP) is 2.05. The molecule has 0 aliphatic heterocycles. The average Bonchev–Trinajstić information content (AvgIpc) is 1.93. The van der Waals surface area contributed by atoms with Gasteiger partial charge >= 0.3 is 0 Å². The average molecular weight is 147 g/mol. The van der Waals surface area contributed by atoms with Crippen LogP contribution in [0.4, 0.5) is 0 Å². The van der Waals surface area contributed by atoms with Crippen molar-refractivity contribution in [1.82, 2.24) is 5.32 Å². The highest BCUT2D eigenvalue weighted by atomic mass is 16.1. The highest BCUT2D eigenvalue weighted by Crippen LogP contribution is 1.88. The fraction of sp³-hybridized carbons (Fsp3) is 0.875. The highest BCUT2D eigenvalue weighted by Gasteiger charge is 2.02. The van der Waals surface area contributed by atoms with Gasteiger partial charge in [0.2, 0.25) is 5.91 Å². The Hall–Kier alpha value is -0.530. The third-order valence-corrected chi connectivity index (χ3v) is 0.875. The maximum Gasteiger partial charge on any atom is 0.222 e. The standard InChI is InChI=1S/C6H13NO.C2H6.H2/c1-4-7-6(8)5(2)3;1-2;/h5H,4H2,1-3H3,(H,7,8);1-2H3;1H. The van der Waals surface area contributed by atoms with E-state index in [4.69, 9.17) is 0 Å². The first-order valence-corrected chi connectivity index (χ1v) is 3.96. The Kier molecular flexibility index (Phi) is 10.3. The van der Waals surface area contributed by atoms with E-state index >= 15 is 0 Å². The Morgan fingerprint density at radius 1 is 1.50 bits per heavy atom. The molecule has 2 nitrogen and oxygen atoms in total. The molecular formula is C8H21NO. The normalized spacial score (nSPS) is 8.20. The first-order valence-electron chi connectivity index (χ1n) is 3.96. The Morgan fingerprint density at radius 2 is 1.90 bits per heavy atom. The molecule has 2 heteroatoms. The number of carbonyl (C=O) groups is 1. The van der Waals surface area contributed by atoms with Crippen LogP contribution in [0.1, 0.15) is 36.0 Å². The van der Waals surface area contributed by atoms with Crippen LogP contribution in [0.15, 0.2) is 0 Å². The molecule has 0 saturated heterocycles. The van der Waals surface area contributed by atoms with E-state index in [-0.39, 0.29) is 13.3 Å². The molecular weight excluding hydrogens is 126 g/mol. The molecule has 1 amide bonds. The van der Waals surface area contributed by atoms with E-state index in [0.717, 1.165) is 6.54 Å². The predicted molar refractivity (Wildman–Crippen MR) is 47.0 cm³/mol. The van der Waals surface area contributed by atoms with E-state index in [1.165, 1.54) is 0 Å². The van der Waals surface area contributed by atoms with Gasteiger partial charge in [-0.25, -0.2) is 0 Å². The molecule has 0 heterocycles. The summed E-state index contributed by atoms with van der Waals surface area (Å²) < 4.78 is 0. The quantitative estimate of drug-likeness (QED) is 0.636. The molecule has 0 bridgehead atoms. The van der Waals surface area contributed by atoms with Crippen molar-refractivity contribution in [3.8, 4) is 0 Å². The van der Waals surface area contributed by atoms with Crippen molar-refractivity contribution in [2.24, 2.45) is 5.92 Å². The van der Waals surface area contributed by atoms with Gasteiger partial charge in [-0.2, -0.15) is 0 Å². The summed E-state index contributed by atoms with van der Waals surface area (Å²) in [5, 5.41) is 2.71. The number of carbonyl (C=O) groups excluding carboxylic acids is 1.